The van der Waals surface area contributed by atoms with Crippen LogP contribution in [0.1, 0.15) is 15.3 Å². The molecule has 0 unspecified atom stereocenters. The minimum absolute atomic E-state index is 0.268. The molecule has 0 saturated carbocycles. The molecule has 1 aromatic carbocycles. The number of methoxy groups -OCH3 is 1. The first-order valence-electron chi connectivity index (χ1n) is 5.81. The third-order valence-corrected chi connectivity index (χ3v) is 3.70. The standard InChI is InChI=1S/C14H17NO2S/c1-10-3-6-13(18-10)9-15-8-11-4-5-12(17-2)7-14(11)16/h3-7,15-16H,8-9H2,1-2H3. The van der Waals surface area contributed by atoms with Crippen molar-refractivity contribution in [1.29, 1.82) is 0 Å². The van der Waals surface area contributed by atoms with Gasteiger partial charge in [0.15, 0.2) is 0 Å². The van der Waals surface area contributed by atoms with E-state index in [-0.39, 0.29) is 5.75 Å². The minimum atomic E-state index is 0.268. The summed E-state index contributed by atoms with van der Waals surface area (Å²) in [5, 5.41) is 13.1. The zero-order chi connectivity index (χ0) is 13.0. The number of phenols is 1. The van der Waals surface area contributed by atoms with Gasteiger partial charge in [-0.25, -0.2) is 0 Å². The number of nitrogens with one attached hydrogen (secondary N) is 1. The summed E-state index contributed by atoms with van der Waals surface area (Å²) >= 11 is 1.79. The first kappa shape index (κ1) is 12.9. The van der Waals surface area contributed by atoms with Crippen molar-refractivity contribution in [1.82, 2.24) is 5.32 Å². The molecule has 0 aliphatic rings. The van der Waals surface area contributed by atoms with Crippen LogP contribution in [0.25, 0.3) is 0 Å². The van der Waals surface area contributed by atoms with Gasteiger partial charge in [-0.05, 0) is 25.1 Å². The average molecular weight is 263 g/mol. The van der Waals surface area contributed by atoms with Crippen LogP contribution in [0.5, 0.6) is 11.5 Å². The fourth-order valence-corrected chi connectivity index (χ4v) is 2.58. The van der Waals surface area contributed by atoms with Crippen LogP contribution in [0.4, 0.5) is 0 Å². The molecule has 0 amide bonds. The zero-order valence-electron chi connectivity index (χ0n) is 10.6. The van der Waals surface area contributed by atoms with Gasteiger partial charge in [0.05, 0.1) is 7.11 Å². The predicted molar refractivity (Wildman–Crippen MR) is 74.3 cm³/mol. The molecule has 0 bridgehead atoms. The Morgan fingerprint density at radius 2 is 2.06 bits per heavy atom. The molecular formula is C14H17NO2S. The van der Waals surface area contributed by atoms with E-state index >= 15 is 0 Å². The van der Waals surface area contributed by atoms with Crippen LogP contribution in [0.15, 0.2) is 30.3 Å². The van der Waals surface area contributed by atoms with Gasteiger partial charge >= 0.3 is 0 Å². The van der Waals surface area contributed by atoms with Crippen molar-refractivity contribution < 1.29 is 9.84 Å². The smallest absolute Gasteiger partial charge is 0.123 e. The second-order valence-electron chi connectivity index (χ2n) is 4.11. The summed E-state index contributed by atoms with van der Waals surface area (Å²) in [6, 6.07) is 9.60. The molecule has 1 aromatic heterocycles. The van der Waals surface area contributed by atoms with Crippen molar-refractivity contribution in [2.24, 2.45) is 0 Å². The molecule has 3 nitrogen and oxygen atoms in total. The first-order chi connectivity index (χ1) is 8.69. The van der Waals surface area contributed by atoms with Crippen LogP contribution in [-0.2, 0) is 13.1 Å². The number of hydrogen-bond donors (Lipinski definition) is 2. The van der Waals surface area contributed by atoms with E-state index in [1.807, 2.05) is 12.1 Å². The van der Waals surface area contributed by atoms with Gasteiger partial charge in [0.1, 0.15) is 11.5 Å². The quantitative estimate of drug-likeness (QED) is 0.871. The largest absolute Gasteiger partial charge is 0.507 e. The molecule has 0 atom stereocenters. The maximum Gasteiger partial charge on any atom is 0.123 e. The highest BCUT2D eigenvalue weighted by atomic mass is 32.1. The summed E-state index contributed by atoms with van der Waals surface area (Å²) in [5.74, 6) is 0.939. The van der Waals surface area contributed by atoms with Crippen molar-refractivity contribution in [2.45, 2.75) is 20.0 Å². The molecule has 96 valence electrons. The Balaban J connectivity index is 1.90. The number of phenolic OH excluding ortho intramolecular Hbond substituents is 1. The van der Waals surface area contributed by atoms with E-state index < -0.39 is 0 Å². The summed E-state index contributed by atoms with van der Waals surface area (Å²) in [7, 11) is 1.59. The second-order valence-corrected chi connectivity index (χ2v) is 5.48. The minimum Gasteiger partial charge on any atom is -0.507 e. The van der Waals surface area contributed by atoms with E-state index in [0.717, 1.165) is 12.1 Å². The predicted octanol–water partition coefficient (Wildman–Crippen LogP) is 3.06. The number of rotatable bonds is 5. The molecule has 2 rings (SSSR count). The summed E-state index contributed by atoms with van der Waals surface area (Å²) < 4.78 is 5.05. The number of hydrogen-bond acceptors (Lipinski definition) is 4. The lowest BCUT2D eigenvalue weighted by Gasteiger charge is -2.07. The fourth-order valence-electron chi connectivity index (χ4n) is 1.72. The highest BCUT2D eigenvalue weighted by Crippen LogP contribution is 2.23. The molecule has 0 saturated heterocycles. The molecule has 1 heterocycles. The van der Waals surface area contributed by atoms with E-state index in [1.54, 1.807) is 24.5 Å². The Hall–Kier alpha value is -1.52. The van der Waals surface area contributed by atoms with E-state index in [0.29, 0.717) is 12.3 Å². The van der Waals surface area contributed by atoms with Gasteiger partial charge in [-0.15, -0.1) is 11.3 Å². The average Bonchev–Trinajstić information content (AvgIpc) is 2.77. The second kappa shape index (κ2) is 5.89. The lowest BCUT2D eigenvalue weighted by molar-refractivity contribution is 0.406. The Labute approximate surface area is 111 Å². The van der Waals surface area contributed by atoms with Crippen LogP contribution in [0, 0.1) is 6.92 Å². The van der Waals surface area contributed by atoms with Crippen LogP contribution in [-0.4, -0.2) is 12.2 Å². The van der Waals surface area contributed by atoms with E-state index in [2.05, 4.69) is 24.4 Å². The topological polar surface area (TPSA) is 41.5 Å². The van der Waals surface area contributed by atoms with Crippen LogP contribution < -0.4 is 10.1 Å². The van der Waals surface area contributed by atoms with Crippen molar-refractivity contribution in [2.75, 3.05) is 7.11 Å². The fraction of sp³-hybridized carbons (Fsp3) is 0.286. The van der Waals surface area contributed by atoms with Gasteiger partial charge in [0.2, 0.25) is 0 Å². The number of aromatic hydroxyl groups is 1. The molecule has 2 N–H and O–H groups in total. The molecule has 0 fully saturated rings. The molecular weight excluding hydrogens is 246 g/mol. The van der Waals surface area contributed by atoms with E-state index in [4.69, 9.17) is 4.74 Å². The SMILES string of the molecule is COc1ccc(CNCc2ccc(C)s2)c(O)c1. The molecule has 0 radical (unpaired) electrons. The van der Waals surface area contributed by atoms with Crippen molar-refractivity contribution in [3.63, 3.8) is 0 Å². The summed E-state index contributed by atoms with van der Waals surface area (Å²) in [5.41, 5.74) is 0.879. The Morgan fingerprint density at radius 3 is 2.67 bits per heavy atom. The van der Waals surface area contributed by atoms with Gasteiger partial charge in [0.25, 0.3) is 0 Å². The summed E-state index contributed by atoms with van der Waals surface area (Å²) in [6.07, 6.45) is 0. The van der Waals surface area contributed by atoms with Crippen LogP contribution in [0.3, 0.4) is 0 Å². The Kier molecular flexibility index (Phi) is 4.23. The van der Waals surface area contributed by atoms with Gasteiger partial charge in [-0.2, -0.15) is 0 Å². The van der Waals surface area contributed by atoms with Crippen molar-refractivity contribution in [3.05, 3.63) is 45.6 Å². The highest BCUT2D eigenvalue weighted by molar-refractivity contribution is 7.11. The van der Waals surface area contributed by atoms with Crippen molar-refractivity contribution in [3.8, 4) is 11.5 Å². The summed E-state index contributed by atoms with van der Waals surface area (Å²) in [4.78, 5) is 2.62. The number of thiophene rings is 1. The third kappa shape index (κ3) is 3.24. The van der Waals surface area contributed by atoms with Crippen molar-refractivity contribution >= 4 is 11.3 Å². The number of aryl methyl sites for hydroxylation is 1. The maximum atomic E-state index is 9.81. The highest BCUT2D eigenvalue weighted by Gasteiger charge is 2.03. The lowest BCUT2D eigenvalue weighted by Crippen LogP contribution is -2.11. The Morgan fingerprint density at radius 1 is 1.22 bits per heavy atom. The maximum absolute atomic E-state index is 9.81. The number of ether oxygens (including phenoxy) is 1. The van der Waals surface area contributed by atoms with Crippen LogP contribution in [0.2, 0.25) is 0 Å². The van der Waals surface area contributed by atoms with E-state index in [9.17, 15) is 5.11 Å². The van der Waals surface area contributed by atoms with Gasteiger partial charge in [-0.1, -0.05) is 6.07 Å². The Bertz CT molecular complexity index is 522. The normalized spacial score (nSPS) is 10.6. The number of benzene rings is 1. The van der Waals surface area contributed by atoms with Crippen LogP contribution >= 0.6 is 11.3 Å². The molecule has 2 aromatic rings. The molecule has 0 aliphatic heterocycles. The first-order valence-corrected chi connectivity index (χ1v) is 6.62. The zero-order valence-corrected chi connectivity index (χ0v) is 11.4. The molecule has 0 aliphatic carbocycles. The monoisotopic (exact) mass is 263 g/mol. The third-order valence-electron chi connectivity index (χ3n) is 2.70. The van der Waals surface area contributed by atoms with E-state index in [1.165, 1.54) is 9.75 Å². The molecule has 4 heteroatoms. The summed E-state index contributed by atoms with van der Waals surface area (Å²) in [6.45, 7) is 3.57. The molecule has 0 spiro atoms. The lowest BCUT2D eigenvalue weighted by atomic mass is 10.2. The molecule has 18 heavy (non-hydrogen) atoms. The van der Waals surface area contributed by atoms with Gasteiger partial charge in [0, 0.05) is 34.5 Å². The van der Waals surface area contributed by atoms with Gasteiger partial charge < -0.3 is 15.2 Å². The van der Waals surface area contributed by atoms with Gasteiger partial charge in [-0.3, -0.25) is 0 Å².